The van der Waals surface area contributed by atoms with Gasteiger partial charge in [0.1, 0.15) is 11.9 Å². The van der Waals surface area contributed by atoms with Gasteiger partial charge in [-0.2, -0.15) is 0 Å². The number of nitrogens with zero attached hydrogens (tertiary/aromatic N) is 1. The number of carbonyl (C=O) groups is 1. The molecule has 7 heteroatoms. The number of hydrogen-bond acceptors (Lipinski definition) is 3. The zero-order valence-corrected chi connectivity index (χ0v) is 20.5. The molecular formula is C23H33IN4O2. The summed E-state index contributed by atoms with van der Waals surface area (Å²) in [4.78, 5) is 15.7. The number of rotatable bonds is 9. The second kappa shape index (κ2) is 13.8. The number of nitrogens with one attached hydrogen (secondary N) is 3. The van der Waals surface area contributed by atoms with Crippen molar-refractivity contribution in [1.82, 2.24) is 10.6 Å². The van der Waals surface area contributed by atoms with Gasteiger partial charge in [-0.25, -0.2) is 4.99 Å². The van der Waals surface area contributed by atoms with Gasteiger partial charge in [-0.05, 0) is 62.6 Å². The molecule has 0 fully saturated rings. The molecule has 1 unspecified atom stereocenters. The van der Waals surface area contributed by atoms with Gasteiger partial charge in [-0.15, -0.1) is 24.0 Å². The summed E-state index contributed by atoms with van der Waals surface area (Å²) in [7, 11) is 0. The van der Waals surface area contributed by atoms with Gasteiger partial charge in [-0.1, -0.05) is 24.3 Å². The summed E-state index contributed by atoms with van der Waals surface area (Å²) in [5, 5.41) is 9.40. The van der Waals surface area contributed by atoms with Gasteiger partial charge in [0.2, 0.25) is 5.91 Å². The van der Waals surface area contributed by atoms with Crippen molar-refractivity contribution >= 4 is 41.5 Å². The highest BCUT2D eigenvalue weighted by Crippen LogP contribution is 2.14. The van der Waals surface area contributed by atoms with E-state index < -0.39 is 0 Å². The van der Waals surface area contributed by atoms with Crippen LogP contribution in [-0.2, 0) is 11.2 Å². The van der Waals surface area contributed by atoms with Crippen LogP contribution in [-0.4, -0.2) is 37.6 Å². The van der Waals surface area contributed by atoms with Crippen molar-refractivity contribution in [2.45, 2.75) is 40.2 Å². The highest BCUT2D eigenvalue weighted by Gasteiger charge is 2.05. The minimum Gasteiger partial charge on any atom is -0.489 e. The topological polar surface area (TPSA) is 74.8 Å². The van der Waals surface area contributed by atoms with E-state index in [0.29, 0.717) is 6.54 Å². The molecule has 0 saturated heterocycles. The highest BCUT2D eigenvalue weighted by molar-refractivity contribution is 14.0. The lowest BCUT2D eigenvalue weighted by Crippen LogP contribution is -2.39. The van der Waals surface area contributed by atoms with Gasteiger partial charge in [0.15, 0.2) is 5.96 Å². The van der Waals surface area contributed by atoms with Crippen LogP contribution < -0.4 is 20.7 Å². The van der Waals surface area contributed by atoms with E-state index in [0.717, 1.165) is 36.9 Å². The molecule has 0 saturated carbocycles. The van der Waals surface area contributed by atoms with Gasteiger partial charge in [0.05, 0.1) is 6.54 Å². The summed E-state index contributed by atoms with van der Waals surface area (Å²) >= 11 is 0. The Labute approximate surface area is 196 Å². The number of anilines is 1. The third-order valence-electron chi connectivity index (χ3n) is 4.16. The Morgan fingerprint density at radius 3 is 2.50 bits per heavy atom. The fourth-order valence-corrected chi connectivity index (χ4v) is 2.80. The molecule has 2 rings (SSSR count). The number of aryl methyl sites for hydroxylation is 1. The predicted octanol–water partition coefficient (Wildman–Crippen LogP) is 4.14. The summed E-state index contributed by atoms with van der Waals surface area (Å²) < 4.78 is 5.94. The second-order valence-electron chi connectivity index (χ2n) is 7.02. The number of guanidine groups is 1. The molecule has 30 heavy (non-hydrogen) atoms. The summed E-state index contributed by atoms with van der Waals surface area (Å²) in [5.41, 5.74) is 3.18. The van der Waals surface area contributed by atoms with Crippen LogP contribution in [0.3, 0.4) is 0 Å². The monoisotopic (exact) mass is 524 g/mol. The van der Waals surface area contributed by atoms with E-state index in [9.17, 15) is 4.79 Å². The summed E-state index contributed by atoms with van der Waals surface area (Å²) in [5.74, 6) is 1.59. The third kappa shape index (κ3) is 9.96. The molecule has 6 nitrogen and oxygen atoms in total. The number of halogens is 1. The third-order valence-corrected chi connectivity index (χ3v) is 4.16. The average molecular weight is 524 g/mol. The molecule has 0 bridgehead atoms. The molecule has 0 aliphatic heterocycles. The Bertz CT molecular complexity index is 809. The molecule has 0 aromatic heterocycles. The molecule has 164 valence electrons. The minimum atomic E-state index is -0.0634. The van der Waals surface area contributed by atoms with Crippen LogP contribution in [0.4, 0.5) is 5.69 Å². The van der Waals surface area contributed by atoms with Gasteiger partial charge in [0, 0.05) is 25.7 Å². The Morgan fingerprint density at radius 1 is 1.13 bits per heavy atom. The fraction of sp³-hybridized carbons (Fsp3) is 0.391. The Balaban J connectivity index is 0.00000450. The maximum Gasteiger partial charge on any atom is 0.221 e. The number of amides is 1. The minimum absolute atomic E-state index is 0. The molecule has 0 aliphatic carbocycles. The summed E-state index contributed by atoms with van der Waals surface area (Å²) in [6.07, 6.45) is 0.841. The van der Waals surface area contributed by atoms with Crippen LogP contribution in [0.2, 0.25) is 0 Å². The largest absolute Gasteiger partial charge is 0.489 e. The zero-order chi connectivity index (χ0) is 21.1. The first-order valence-corrected chi connectivity index (χ1v) is 10.1. The van der Waals surface area contributed by atoms with E-state index in [2.05, 4.69) is 33.9 Å². The standard InChI is InChI=1S/C23H32N4O2.HI/c1-5-24-23(26-16-18(3)29-22-8-6-7-17(2)15-22)25-14-13-20-9-11-21(12-10-20)27-19(4)28;/h6-12,15,18H,5,13-14,16H2,1-4H3,(H,27,28)(H2,24,25,26);1H. The fourth-order valence-electron chi connectivity index (χ4n) is 2.80. The zero-order valence-electron chi connectivity index (χ0n) is 18.2. The van der Waals surface area contributed by atoms with E-state index in [1.165, 1.54) is 18.1 Å². The van der Waals surface area contributed by atoms with Gasteiger partial charge < -0.3 is 20.7 Å². The van der Waals surface area contributed by atoms with Gasteiger partial charge >= 0.3 is 0 Å². The van der Waals surface area contributed by atoms with Crippen LogP contribution in [0.25, 0.3) is 0 Å². The predicted molar refractivity (Wildman–Crippen MR) is 135 cm³/mol. The quantitative estimate of drug-likeness (QED) is 0.262. The number of benzene rings is 2. The van der Waals surface area contributed by atoms with E-state index in [1.807, 2.05) is 56.3 Å². The van der Waals surface area contributed by atoms with E-state index >= 15 is 0 Å². The van der Waals surface area contributed by atoms with E-state index in [1.54, 1.807) is 0 Å². The maximum absolute atomic E-state index is 11.1. The molecule has 1 atom stereocenters. The van der Waals surface area contributed by atoms with Crippen molar-refractivity contribution in [1.29, 1.82) is 0 Å². The molecular weight excluding hydrogens is 491 g/mol. The van der Waals surface area contributed by atoms with Crippen molar-refractivity contribution < 1.29 is 9.53 Å². The number of aliphatic imine (C=N–C) groups is 1. The van der Waals surface area contributed by atoms with Crippen molar-refractivity contribution in [3.05, 3.63) is 59.7 Å². The Morgan fingerprint density at radius 2 is 1.87 bits per heavy atom. The van der Waals surface area contributed by atoms with Crippen molar-refractivity contribution in [2.24, 2.45) is 4.99 Å². The average Bonchev–Trinajstić information content (AvgIpc) is 2.67. The van der Waals surface area contributed by atoms with Crippen molar-refractivity contribution in [3.63, 3.8) is 0 Å². The van der Waals surface area contributed by atoms with Crippen LogP contribution in [0, 0.1) is 6.92 Å². The van der Waals surface area contributed by atoms with Gasteiger partial charge in [-0.3, -0.25) is 4.79 Å². The molecule has 1 amide bonds. The molecule has 0 aliphatic rings. The summed E-state index contributed by atoms with van der Waals surface area (Å²) in [6, 6.07) is 15.9. The molecule has 3 N–H and O–H groups in total. The van der Waals surface area contributed by atoms with Crippen LogP contribution in [0.15, 0.2) is 53.5 Å². The molecule has 0 radical (unpaired) electrons. The van der Waals surface area contributed by atoms with Crippen LogP contribution in [0.5, 0.6) is 5.75 Å². The maximum atomic E-state index is 11.1. The number of carbonyl (C=O) groups excluding carboxylic acids is 1. The van der Waals surface area contributed by atoms with Crippen molar-refractivity contribution in [3.8, 4) is 5.75 Å². The smallest absolute Gasteiger partial charge is 0.221 e. The first-order valence-electron chi connectivity index (χ1n) is 10.1. The molecule has 0 spiro atoms. The lowest BCUT2D eigenvalue weighted by atomic mass is 10.1. The van der Waals surface area contributed by atoms with Crippen molar-refractivity contribution in [2.75, 3.05) is 25.0 Å². The lowest BCUT2D eigenvalue weighted by molar-refractivity contribution is -0.114. The van der Waals surface area contributed by atoms with Gasteiger partial charge in [0.25, 0.3) is 0 Å². The number of hydrogen-bond donors (Lipinski definition) is 3. The first kappa shape index (κ1) is 25.7. The first-order chi connectivity index (χ1) is 14.0. The normalized spacial score (nSPS) is 11.8. The van der Waals surface area contributed by atoms with Crippen LogP contribution in [0.1, 0.15) is 31.9 Å². The Kier molecular flexibility index (Phi) is 11.9. The number of ether oxygens (including phenoxy) is 1. The van der Waals surface area contributed by atoms with E-state index in [4.69, 9.17) is 4.74 Å². The van der Waals surface area contributed by atoms with Crippen LogP contribution >= 0.6 is 24.0 Å². The highest BCUT2D eigenvalue weighted by atomic mass is 127. The summed E-state index contributed by atoms with van der Waals surface area (Å²) in [6.45, 7) is 9.75. The van der Waals surface area contributed by atoms with E-state index in [-0.39, 0.29) is 36.0 Å². The molecule has 2 aromatic carbocycles. The molecule has 2 aromatic rings. The SMILES string of the molecule is CCNC(=NCC(C)Oc1cccc(C)c1)NCCc1ccc(NC(C)=O)cc1.I. The second-order valence-corrected chi connectivity index (χ2v) is 7.02. The lowest BCUT2D eigenvalue weighted by Gasteiger charge is -2.15. The molecule has 0 heterocycles. The Hall–Kier alpha value is -2.29.